The van der Waals surface area contributed by atoms with Gasteiger partial charge in [0.05, 0.1) is 5.52 Å². The second-order valence-electron chi connectivity index (χ2n) is 7.90. The van der Waals surface area contributed by atoms with Gasteiger partial charge in [0, 0.05) is 41.5 Å². The molecule has 0 unspecified atom stereocenters. The third-order valence-corrected chi connectivity index (χ3v) is 5.75. The second-order valence-corrected chi connectivity index (χ2v) is 7.90. The Balaban J connectivity index is 1.24. The number of para-hydroxylation sites is 1. The molecule has 0 saturated carbocycles. The summed E-state index contributed by atoms with van der Waals surface area (Å²) in [6.07, 6.45) is 4.37. The number of halogens is 1. The summed E-state index contributed by atoms with van der Waals surface area (Å²) >= 11 is 0. The van der Waals surface area contributed by atoms with Crippen LogP contribution in [-0.2, 0) is 12.8 Å². The molecule has 0 saturated heterocycles. The molecule has 5 rings (SSSR count). The van der Waals surface area contributed by atoms with Crippen molar-refractivity contribution in [3.8, 4) is 11.3 Å². The fourth-order valence-electron chi connectivity index (χ4n) is 4.16. The van der Waals surface area contributed by atoms with Gasteiger partial charge in [-0.1, -0.05) is 23.4 Å². The monoisotopic (exact) mass is 430 g/mol. The molecular formula is C25H23FN4O2. The lowest BCUT2D eigenvalue weighted by Gasteiger charge is -2.21. The number of fused-ring (bicyclic) bond motifs is 2. The van der Waals surface area contributed by atoms with Gasteiger partial charge in [0.25, 0.3) is 5.91 Å². The predicted octanol–water partition coefficient (Wildman–Crippen LogP) is 4.75. The van der Waals surface area contributed by atoms with Crippen LogP contribution in [0.1, 0.15) is 34.6 Å². The van der Waals surface area contributed by atoms with E-state index in [4.69, 9.17) is 9.51 Å². The molecule has 2 aromatic carbocycles. The lowest BCUT2D eigenvalue weighted by molar-refractivity contribution is 0.0946. The van der Waals surface area contributed by atoms with Gasteiger partial charge in [0.15, 0.2) is 11.5 Å². The van der Waals surface area contributed by atoms with Gasteiger partial charge in [-0.15, -0.1) is 0 Å². The Kier molecular flexibility index (Phi) is 5.54. The van der Waals surface area contributed by atoms with Crippen LogP contribution in [0.15, 0.2) is 59.1 Å². The van der Waals surface area contributed by atoms with E-state index in [0.29, 0.717) is 24.4 Å². The maximum absolute atomic E-state index is 13.1. The van der Waals surface area contributed by atoms with E-state index in [9.17, 15) is 9.18 Å². The van der Waals surface area contributed by atoms with Crippen molar-refractivity contribution in [2.75, 3.05) is 18.4 Å². The van der Waals surface area contributed by atoms with E-state index in [1.165, 1.54) is 36.2 Å². The van der Waals surface area contributed by atoms with Crippen LogP contribution in [0.2, 0.25) is 0 Å². The van der Waals surface area contributed by atoms with Crippen LogP contribution < -0.4 is 10.6 Å². The number of pyridine rings is 1. The van der Waals surface area contributed by atoms with Crippen molar-refractivity contribution >= 4 is 22.5 Å². The van der Waals surface area contributed by atoms with Gasteiger partial charge in [-0.2, -0.15) is 0 Å². The summed E-state index contributed by atoms with van der Waals surface area (Å²) in [5, 5.41) is 11.3. The van der Waals surface area contributed by atoms with Crippen LogP contribution in [-0.4, -0.2) is 29.1 Å². The molecule has 6 nitrogen and oxygen atoms in total. The number of amides is 1. The zero-order chi connectivity index (χ0) is 21.9. The molecule has 0 fully saturated rings. The number of rotatable bonds is 6. The number of carbonyl (C=O) groups is 1. The van der Waals surface area contributed by atoms with Crippen LogP contribution in [0.4, 0.5) is 10.1 Å². The third-order valence-electron chi connectivity index (χ3n) is 5.75. The molecule has 1 amide bonds. The highest BCUT2D eigenvalue weighted by atomic mass is 19.1. The smallest absolute Gasteiger partial charge is 0.273 e. The molecule has 0 spiro atoms. The molecule has 0 aliphatic heterocycles. The van der Waals surface area contributed by atoms with Gasteiger partial charge in [0.1, 0.15) is 5.82 Å². The number of benzene rings is 2. The molecular weight excluding hydrogens is 407 g/mol. The highest BCUT2D eigenvalue weighted by Crippen LogP contribution is 2.33. The number of hydrogen-bond acceptors (Lipinski definition) is 5. The first-order valence-corrected chi connectivity index (χ1v) is 10.8. The minimum atomic E-state index is -0.332. The van der Waals surface area contributed by atoms with Crippen molar-refractivity contribution < 1.29 is 13.7 Å². The second kappa shape index (κ2) is 8.78. The zero-order valence-electron chi connectivity index (χ0n) is 17.5. The number of hydrogen-bond donors (Lipinski definition) is 2. The fourth-order valence-corrected chi connectivity index (χ4v) is 4.16. The summed E-state index contributed by atoms with van der Waals surface area (Å²) in [5.74, 6) is -0.226. The number of anilines is 1. The van der Waals surface area contributed by atoms with E-state index in [0.717, 1.165) is 29.4 Å². The third kappa shape index (κ3) is 4.06. The fraction of sp³-hybridized carbons (Fsp3) is 0.240. The molecule has 0 bridgehead atoms. The van der Waals surface area contributed by atoms with Crippen LogP contribution in [0, 0.1) is 5.82 Å². The number of aryl methyl sites for hydroxylation is 1. The molecule has 0 radical (unpaired) electrons. The van der Waals surface area contributed by atoms with Gasteiger partial charge < -0.3 is 15.2 Å². The quantitative estimate of drug-likeness (QED) is 0.432. The van der Waals surface area contributed by atoms with Gasteiger partial charge in [0.2, 0.25) is 0 Å². The molecule has 32 heavy (non-hydrogen) atoms. The Morgan fingerprint density at radius 1 is 1.03 bits per heavy atom. The van der Waals surface area contributed by atoms with Crippen molar-refractivity contribution in [3.63, 3.8) is 0 Å². The van der Waals surface area contributed by atoms with E-state index in [2.05, 4.69) is 21.9 Å². The Hall–Kier alpha value is -3.74. The van der Waals surface area contributed by atoms with E-state index in [1.54, 1.807) is 18.2 Å². The predicted molar refractivity (Wildman–Crippen MR) is 121 cm³/mol. The number of carbonyl (C=O) groups excluding carboxylic acids is 1. The summed E-state index contributed by atoms with van der Waals surface area (Å²) in [4.78, 5) is 17.3. The van der Waals surface area contributed by atoms with Crippen molar-refractivity contribution in [1.82, 2.24) is 15.5 Å². The van der Waals surface area contributed by atoms with Crippen molar-refractivity contribution in [2.24, 2.45) is 0 Å². The van der Waals surface area contributed by atoms with Crippen LogP contribution in [0.3, 0.4) is 0 Å². The van der Waals surface area contributed by atoms with Crippen LogP contribution in [0.5, 0.6) is 0 Å². The Bertz CT molecular complexity index is 1270. The van der Waals surface area contributed by atoms with Gasteiger partial charge in [-0.05, 0) is 61.6 Å². The molecule has 7 heteroatoms. The number of nitrogens with zero attached hydrogens (tertiary/aromatic N) is 2. The summed E-state index contributed by atoms with van der Waals surface area (Å²) < 4.78 is 18.3. The summed E-state index contributed by atoms with van der Waals surface area (Å²) in [6.45, 7) is 1.01. The van der Waals surface area contributed by atoms with Crippen molar-refractivity contribution in [2.45, 2.75) is 25.7 Å². The minimum absolute atomic E-state index is 0.191. The van der Waals surface area contributed by atoms with E-state index in [1.807, 2.05) is 18.2 Å². The molecule has 162 valence electrons. The van der Waals surface area contributed by atoms with Crippen molar-refractivity contribution in [1.29, 1.82) is 0 Å². The van der Waals surface area contributed by atoms with Gasteiger partial charge >= 0.3 is 0 Å². The number of nitrogens with one attached hydrogen (secondary N) is 2. The first-order valence-electron chi connectivity index (χ1n) is 10.8. The SMILES string of the molecule is O=C(NCCNc1c2c(nc3ccccc13)CCCC2)c1cc(-c2ccc(F)cc2)on1. The summed E-state index contributed by atoms with van der Waals surface area (Å²) in [6, 6.07) is 15.6. The standard InChI is InChI=1S/C25H23FN4O2/c26-17-11-9-16(10-12-17)23-15-22(30-32-23)25(31)28-14-13-27-24-18-5-1-3-7-20(18)29-21-8-4-2-6-19(21)24/h1,3,5,7,9-12,15H,2,4,6,8,13-14H2,(H,27,29)(H,28,31). The average molecular weight is 430 g/mol. The molecule has 2 N–H and O–H groups in total. The van der Waals surface area contributed by atoms with E-state index < -0.39 is 0 Å². The highest BCUT2D eigenvalue weighted by molar-refractivity contribution is 5.94. The molecule has 1 aliphatic rings. The largest absolute Gasteiger partial charge is 0.382 e. The zero-order valence-corrected chi connectivity index (χ0v) is 17.5. The maximum atomic E-state index is 13.1. The van der Waals surface area contributed by atoms with Gasteiger partial charge in [-0.3, -0.25) is 9.78 Å². The molecule has 4 aromatic rings. The van der Waals surface area contributed by atoms with Crippen LogP contribution in [0.25, 0.3) is 22.2 Å². The van der Waals surface area contributed by atoms with E-state index >= 15 is 0 Å². The summed E-state index contributed by atoms with van der Waals surface area (Å²) in [7, 11) is 0. The molecule has 0 atom stereocenters. The Labute approximate surface area is 184 Å². The first kappa shape index (κ1) is 20.2. The first-order chi connectivity index (χ1) is 15.7. The molecule has 1 aliphatic carbocycles. The highest BCUT2D eigenvalue weighted by Gasteiger charge is 2.18. The molecule has 2 heterocycles. The lowest BCUT2D eigenvalue weighted by Crippen LogP contribution is -2.29. The normalized spacial score (nSPS) is 13.0. The summed E-state index contributed by atoms with van der Waals surface area (Å²) in [5.41, 5.74) is 5.44. The Morgan fingerprint density at radius 3 is 2.72 bits per heavy atom. The van der Waals surface area contributed by atoms with Crippen molar-refractivity contribution in [3.05, 3.63) is 77.4 Å². The Morgan fingerprint density at radius 2 is 1.84 bits per heavy atom. The maximum Gasteiger partial charge on any atom is 0.273 e. The van der Waals surface area contributed by atoms with Crippen LogP contribution >= 0.6 is 0 Å². The average Bonchev–Trinajstić information content (AvgIpc) is 3.32. The van der Waals surface area contributed by atoms with Gasteiger partial charge in [-0.25, -0.2) is 4.39 Å². The lowest BCUT2D eigenvalue weighted by atomic mass is 9.92. The topological polar surface area (TPSA) is 80.0 Å². The minimum Gasteiger partial charge on any atom is -0.382 e. The number of aromatic nitrogens is 2. The van der Waals surface area contributed by atoms with E-state index in [-0.39, 0.29) is 17.4 Å². The molecule has 2 aromatic heterocycles.